The molecule has 0 unspecified atom stereocenters. The van der Waals surface area contributed by atoms with Gasteiger partial charge in [-0.15, -0.1) is 0 Å². The number of halogens is 1. The fourth-order valence-corrected chi connectivity index (χ4v) is 1.87. The second-order valence-electron chi connectivity index (χ2n) is 3.06. The van der Waals surface area contributed by atoms with E-state index >= 15 is 0 Å². The maximum Gasteiger partial charge on any atom is 0.186 e. The summed E-state index contributed by atoms with van der Waals surface area (Å²) in [4.78, 5) is 4.12. The fraction of sp³-hybridized carbons (Fsp3) is 0.222. The van der Waals surface area contributed by atoms with Crippen molar-refractivity contribution in [3.05, 3.63) is 34.7 Å². The summed E-state index contributed by atoms with van der Waals surface area (Å²) in [6.07, 6.45) is 1.78. The number of nitrogens with one attached hydrogen (secondary N) is 1. The summed E-state index contributed by atoms with van der Waals surface area (Å²) in [6.45, 7) is 2.63. The monoisotopic (exact) mass is 240 g/mol. The lowest BCUT2D eigenvalue weighted by molar-refractivity contribution is 1.09. The summed E-state index contributed by atoms with van der Waals surface area (Å²) < 4.78 is 7.89. The van der Waals surface area contributed by atoms with E-state index in [2.05, 4.69) is 19.0 Å². The molecule has 0 atom stereocenters. The van der Waals surface area contributed by atoms with Crippen LogP contribution in [0.15, 0.2) is 18.3 Å². The zero-order chi connectivity index (χ0) is 10.7. The second kappa shape index (κ2) is 4.55. The zero-order valence-electron chi connectivity index (χ0n) is 8.07. The summed E-state index contributed by atoms with van der Waals surface area (Å²) in [7, 11) is 0. The molecule has 2 heterocycles. The van der Waals surface area contributed by atoms with Gasteiger partial charge in [-0.3, -0.25) is 4.98 Å². The molecule has 0 saturated carbocycles. The molecule has 0 saturated heterocycles. The lowest BCUT2D eigenvalue weighted by Crippen LogP contribution is -2.00. The van der Waals surface area contributed by atoms with Crippen molar-refractivity contribution in [1.29, 1.82) is 0 Å². The molecular formula is C9H9ClN4S. The smallest absolute Gasteiger partial charge is 0.186 e. The van der Waals surface area contributed by atoms with Crippen molar-refractivity contribution < 1.29 is 0 Å². The Kier molecular flexibility index (Phi) is 3.13. The van der Waals surface area contributed by atoms with Crippen molar-refractivity contribution in [3.63, 3.8) is 0 Å². The summed E-state index contributed by atoms with van der Waals surface area (Å²) in [6, 6.07) is 3.97. The van der Waals surface area contributed by atoms with Gasteiger partial charge in [0.15, 0.2) is 11.0 Å². The van der Waals surface area contributed by atoms with Crippen LogP contribution in [-0.2, 0) is 6.54 Å². The molecule has 0 bridgehead atoms. The Morgan fingerprint density at radius 3 is 3.00 bits per heavy atom. The average Bonchev–Trinajstić information content (AvgIpc) is 2.61. The Labute approximate surface area is 96.7 Å². The Bertz CT molecular complexity index is 457. The molecule has 0 spiro atoms. The number of pyridine rings is 1. The maximum atomic E-state index is 5.80. The van der Waals surface area contributed by atoms with Crippen LogP contribution in [0.5, 0.6) is 0 Å². The van der Waals surface area contributed by atoms with Crippen molar-refractivity contribution in [2.75, 3.05) is 5.32 Å². The molecular weight excluding hydrogens is 232 g/mol. The molecule has 0 aliphatic carbocycles. The standard InChI is InChI=1S/C9H9ClN4S/c1-6-4-7(2-3-11-6)5-12-9-8(10)13-15-14-9/h2-4H,5H2,1H3,(H,12,14). The number of hydrogen-bond acceptors (Lipinski definition) is 5. The van der Waals surface area contributed by atoms with Crippen molar-refractivity contribution in [1.82, 2.24) is 13.7 Å². The van der Waals surface area contributed by atoms with Crippen LogP contribution in [0.1, 0.15) is 11.3 Å². The number of aryl methyl sites for hydroxylation is 1. The number of anilines is 1. The molecule has 0 radical (unpaired) electrons. The van der Waals surface area contributed by atoms with Crippen molar-refractivity contribution in [2.45, 2.75) is 13.5 Å². The topological polar surface area (TPSA) is 50.7 Å². The second-order valence-corrected chi connectivity index (χ2v) is 3.95. The molecule has 2 aromatic rings. The molecule has 2 rings (SSSR count). The van der Waals surface area contributed by atoms with E-state index in [-0.39, 0.29) is 0 Å². The number of aromatic nitrogens is 3. The minimum absolute atomic E-state index is 0.422. The third kappa shape index (κ3) is 2.64. The molecule has 78 valence electrons. The minimum atomic E-state index is 0.422. The van der Waals surface area contributed by atoms with Gasteiger partial charge in [-0.05, 0) is 24.6 Å². The quantitative estimate of drug-likeness (QED) is 0.896. The van der Waals surface area contributed by atoms with Gasteiger partial charge in [0.1, 0.15) is 0 Å². The van der Waals surface area contributed by atoms with E-state index in [1.165, 1.54) is 0 Å². The number of nitrogens with zero attached hydrogens (tertiary/aromatic N) is 3. The SMILES string of the molecule is Cc1cc(CNc2nsnc2Cl)ccn1. The molecule has 6 heteroatoms. The predicted molar refractivity (Wildman–Crippen MR) is 61.2 cm³/mol. The minimum Gasteiger partial charge on any atom is -0.363 e. The van der Waals surface area contributed by atoms with Gasteiger partial charge in [0.2, 0.25) is 0 Å². The van der Waals surface area contributed by atoms with Gasteiger partial charge in [-0.1, -0.05) is 11.6 Å². The fourth-order valence-electron chi connectivity index (χ4n) is 1.18. The van der Waals surface area contributed by atoms with Gasteiger partial charge in [0.25, 0.3) is 0 Å². The first-order valence-corrected chi connectivity index (χ1v) is 5.50. The molecule has 0 amide bonds. The molecule has 1 N–H and O–H groups in total. The van der Waals surface area contributed by atoms with Crippen LogP contribution in [0.3, 0.4) is 0 Å². The predicted octanol–water partition coefficient (Wildman–Crippen LogP) is 2.51. The summed E-state index contributed by atoms with van der Waals surface area (Å²) in [5.41, 5.74) is 2.14. The summed E-state index contributed by atoms with van der Waals surface area (Å²) >= 11 is 6.90. The third-order valence-corrected chi connectivity index (χ3v) is 2.76. The van der Waals surface area contributed by atoms with Crippen LogP contribution in [0.4, 0.5) is 5.82 Å². The van der Waals surface area contributed by atoms with Crippen molar-refractivity contribution in [2.24, 2.45) is 0 Å². The first-order chi connectivity index (χ1) is 7.25. The van der Waals surface area contributed by atoms with Crippen molar-refractivity contribution >= 4 is 29.1 Å². The molecule has 15 heavy (non-hydrogen) atoms. The van der Waals surface area contributed by atoms with E-state index in [0.717, 1.165) is 23.0 Å². The zero-order valence-corrected chi connectivity index (χ0v) is 9.64. The van der Waals surface area contributed by atoms with E-state index in [4.69, 9.17) is 11.6 Å². The van der Waals surface area contributed by atoms with Gasteiger partial charge in [-0.25, -0.2) is 0 Å². The highest BCUT2D eigenvalue weighted by Crippen LogP contribution is 2.18. The molecule has 0 aromatic carbocycles. The van der Waals surface area contributed by atoms with Gasteiger partial charge >= 0.3 is 0 Å². The highest BCUT2D eigenvalue weighted by atomic mass is 35.5. The molecule has 2 aromatic heterocycles. The largest absolute Gasteiger partial charge is 0.363 e. The van der Waals surface area contributed by atoms with Gasteiger partial charge in [0, 0.05) is 18.4 Å². The maximum absolute atomic E-state index is 5.80. The van der Waals surface area contributed by atoms with E-state index in [9.17, 15) is 0 Å². The summed E-state index contributed by atoms with van der Waals surface area (Å²) in [5.74, 6) is 0.635. The van der Waals surface area contributed by atoms with Crippen LogP contribution in [0, 0.1) is 6.92 Å². The lowest BCUT2D eigenvalue weighted by atomic mass is 10.2. The van der Waals surface area contributed by atoms with Gasteiger partial charge in [0.05, 0.1) is 11.7 Å². The average molecular weight is 241 g/mol. The first-order valence-electron chi connectivity index (χ1n) is 4.39. The Morgan fingerprint density at radius 2 is 2.33 bits per heavy atom. The van der Waals surface area contributed by atoms with Crippen LogP contribution in [0.25, 0.3) is 0 Å². The number of hydrogen-bond donors (Lipinski definition) is 1. The highest BCUT2D eigenvalue weighted by molar-refractivity contribution is 6.99. The van der Waals surface area contributed by atoms with E-state index in [1.807, 2.05) is 19.1 Å². The lowest BCUT2D eigenvalue weighted by Gasteiger charge is -2.03. The molecule has 0 aliphatic rings. The van der Waals surface area contributed by atoms with E-state index < -0.39 is 0 Å². The number of rotatable bonds is 3. The molecule has 0 fully saturated rings. The third-order valence-electron chi connectivity index (χ3n) is 1.87. The van der Waals surface area contributed by atoms with Crippen LogP contribution in [-0.4, -0.2) is 13.7 Å². The van der Waals surface area contributed by atoms with E-state index in [1.54, 1.807) is 6.20 Å². The van der Waals surface area contributed by atoms with Gasteiger partial charge in [-0.2, -0.15) is 8.75 Å². The normalized spacial score (nSPS) is 10.3. The Hall–Kier alpha value is -1.20. The van der Waals surface area contributed by atoms with Crippen LogP contribution in [0.2, 0.25) is 5.15 Å². The Balaban J connectivity index is 2.02. The molecule has 4 nitrogen and oxygen atoms in total. The highest BCUT2D eigenvalue weighted by Gasteiger charge is 2.03. The van der Waals surface area contributed by atoms with E-state index in [0.29, 0.717) is 17.5 Å². The summed E-state index contributed by atoms with van der Waals surface area (Å²) in [5, 5.41) is 3.54. The van der Waals surface area contributed by atoms with Crippen LogP contribution < -0.4 is 5.32 Å². The van der Waals surface area contributed by atoms with Crippen molar-refractivity contribution in [3.8, 4) is 0 Å². The van der Waals surface area contributed by atoms with Gasteiger partial charge < -0.3 is 5.32 Å². The molecule has 0 aliphatic heterocycles. The first kappa shape index (κ1) is 10.3. The Morgan fingerprint density at radius 1 is 1.47 bits per heavy atom. The van der Waals surface area contributed by atoms with Crippen LogP contribution >= 0.6 is 23.3 Å².